The van der Waals surface area contributed by atoms with Gasteiger partial charge in [-0.2, -0.15) is 0 Å². The van der Waals surface area contributed by atoms with E-state index in [0.29, 0.717) is 12.1 Å². The minimum Gasteiger partial charge on any atom is -0.378 e. The van der Waals surface area contributed by atoms with Gasteiger partial charge in [0.2, 0.25) is 0 Å². The van der Waals surface area contributed by atoms with E-state index in [1.54, 1.807) is 0 Å². The topological polar surface area (TPSA) is 24.5 Å². The van der Waals surface area contributed by atoms with Crippen LogP contribution in [-0.2, 0) is 4.74 Å². The van der Waals surface area contributed by atoms with E-state index in [1.165, 1.54) is 51.7 Å². The summed E-state index contributed by atoms with van der Waals surface area (Å²) < 4.78 is 5.76. The molecule has 0 spiro atoms. The lowest BCUT2D eigenvalue weighted by atomic mass is 9.93. The minimum absolute atomic E-state index is 0. The molecule has 0 aromatic rings. The number of hydrogen-bond acceptors (Lipinski definition) is 3. The van der Waals surface area contributed by atoms with Crippen molar-refractivity contribution in [2.75, 3.05) is 33.3 Å². The standard InChI is InChI=1S/C14H28N2O.ClH/c1-3-14-9-12(6-8-17-14)10-16-7-4-5-13(11-16)15-2;/h12-15H,3-11H2,1-2H3;1H. The Morgan fingerprint density at radius 2 is 2.17 bits per heavy atom. The molecule has 2 aliphatic heterocycles. The van der Waals surface area contributed by atoms with Gasteiger partial charge in [-0.25, -0.2) is 0 Å². The highest BCUT2D eigenvalue weighted by molar-refractivity contribution is 5.85. The van der Waals surface area contributed by atoms with E-state index >= 15 is 0 Å². The number of rotatable bonds is 4. The molecule has 2 fully saturated rings. The molecule has 3 atom stereocenters. The van der Waals surface area contributed by atoms with Crippen molar-refractivity contribution < 1.29 is 4.74 Å². The molecule has 18 heavy (non-hydrogen) atoms. The molecule has 3 nitrogen and oxygen atoms in total. The minimum atomic E-state index is 0. The van der Waals surface area contributed by atoms with Gasteiger partial charge in [0.25, 0.3) is 0 Å². The van der Waals surface area contributed by atoms with Crippen LogP contribution in [0.1, 0.15) is 39.0 Å². The molecule has 0 amide bonds. The molecular formula is C14H29ClN2O. The van der Waals surface area contributed by atoms with E-state index in [0.717, 1.165) is 12.5 Å². The normalized spacial score (nSPS) is 34.0. The summed E-state index contributed by atoms with van der Waals surface area (Å²) >= 11 is 0. The highest BCUT2D eigenvalue weighted by atomic mass is 35.5. The van der Waals surface area contributed by atoms with E-state index < -0.39 is 0 Å². The smallest absolute Gasteiger partial charge is 0.0575 e. The first-order valence-electron chi connectivity index (χ1n) is 7.33. The molecule has 3 unspecified atom stereocenters. The summed E-state index contributed by atoms with van der Waals surface area (Å²) in [5, 5.41) is 3.42. The number of nitrogens with zero attached hydrogens (tertiary/aromatic N) is 1. The van der Waals surface area contributed by atoms with Gasteiger partial charge in [0.05, 0.1) is 6.10 Å². The summed E-state index contributed by atoms with van der Waals surface area (Å²) in [5.74, 6) is 0.865. The SMILES string of the molecule is CCC1CC(CN2CCCC(NC)C2)CCO1.Cl. The molecule has 2 aliphatic rings. The number of piperidine rings is 1. The van der Waals surface area contributed by atoms with Gasteiger partial charge in [-0.05, 0) is 51.6 Å². The van der Waals surface area contributed by atoms with E-state index in [9.17, 15) is 0 Å². The molecule has 0 aliphatic carbocycles. The third-order valence-electron chi connectivity index (χ3n) is 4.36. The van der Waals surface area contributed by atoms with E-state index in [4.69, 9.17) is 4.74 Å². The van der Waals surface area contributed by atoms with Crippen LogP contribution in [0.4, 0.5) is 0 Å². The predicted molar refractivity (Wildman–Crippen MR) is 78.5 cm³/mol. The molecule has 0 radical (unpaired) electrons. The molecule has 1 N–H and O–H groups in total. The van der Waals surface area contributed by atoms with E-state index in [2.05, 4.69) is 24.2 Å². The van der Waals surface area contributed by atoms with Crippen LogP contribution in [0, 0.1) is 5.92 Å². The van der Waals surface area contributed by atoms with Crippen LogP contribution in [0.5, 0.6) is 0 Å². The Balaban J connectivity index is 0.00000162. The number of halogens is 1. The van der Waals surface area contributed by atoms with Crippen molar-refractivity contribution in [3.8, 4) is 0 Å². The van der Waals surface area contributed by atoms with Crippen molar-refractivity contribution in [2.24, 2.45) is 5.92 Å². The van der Waals surface area contributed by atoms with Crippen molar-refractivity contribution in [1.29, 1.82) is 0 Å². The summed E-state index contributed by atoms with van der Waals surface area (Å²) in [6.07, 6.45) is 6.94. The van der Waals surface area contributed by atoms with Crippen molar-refractivity contribution in [3.63, 3.8) is 0 Å². The second-order valence-electron chi connectivity index (χ2n) is 5.68. The average molecular weight is 277 g/mol. The molecule has 108 valence electrons. The van der Waals surface area contributed by atoms with Crippen LogP contribution in [0.15, 0.2) is 0 Å². The largest absolute Gasteiger partial charge is 0.378 e. The Kier molecular flexibility index (Phi) is 7.54. The van der Waals surface area contributed by atoms with Crippen molar-refractivity contribution in [2.45, 2.75) is 51.2 Å². The maximum Gasteiger partial charge on any atom is 0.0575 e. The molecule has 2 heterocycles. The summed E-state index contributed by atoms with van der Waals surface area (Å²) in [6, 6.07) is 0.713. The van der Waals surface area contributed by atoms with Crippen LogP contribution in [-0.4, -0.2) is 50.3 Å². The molecule has 0 aromatic carbocycles. The fourth-order valence-electron chi connectivity index (χ4n) is 3.23. The fraction of sp³-hybridized carbons (Fsp3) is 1.00. The predicted octanol–water partition coefficient (Wildman–Crippen LogP) is 2.30. The number of nitrogens with one attached hydrogen (secondary N) is 1. The van der Waals surface area contributed by atoms with Crippen LogP contribution < -0.4 is 5.32 Å². The van der Waals surface area contributed by atoms with Gasteiger partial charge < -0.3 is 15.0 Å². The Bertz CT molecular complexity index is 206. The summed E-state index contributed by atoms with van der Waals surface area (Å²) in [7, 11) is 2.09. The highest BCUT2D eigenvalue weighted by Crippen LogP contribution is 2.24. The first kappa shape index (κ1) is 16.2. The fourth-order valence-corrected chi connectivity index (χ4v) is 3.23. The monoisotopic (exact) mass is 276 g/mol. The van der Waals surface area contributed by atoms with Crippen LogP contribution in [0.25, 0.3) is 0 Å². The molecule has 0 saturated carbocycles. The zero-order valence-electron chi connectivity index (χ0n) is 11.9. The molecular weight excluding hydrogens is 248 g/mol. The van der Waals surface area contributed by atoms with E-state index in [1.807, 2.05) is 0 Å². The van der Waals surface area contributed by atoms with Crippen molar-refractivity contribution >= 4 is 12.4 Å². The van der Waals surface area contributed by atoms with Gasteiger partial charge in [-0.15, -0.1) is 12.4 Å². The second-order valence-corrected chi connectivity index (χ2v) is 5.68. The Hall–Kier alpha value is 0.170. The highest BCUT2D eigenvalue weighted by Gasteiger charge is 2.25. The lowest BCUT2D eigenvalue weighted by Gasteiger charge is -2.37. The van der Waals surface area contributed by atoms with E-state index in [-0.39, 0.29) is 12.4 Å². The van der Waals surface area contributed by atoms with Gasteiger partial charge in [0.15, 0.2) is 0 Å². The van der Waals surface area contributed by atoms with Crippen molar-refractivity contribution in [3.05, 3.63) is 0 Å². The maximum atomic E-state index is 5.76. The molecule has 0 bridgehead atoms. The third-order valence-corrected chi connectivity index (χ3v) is 4.36. The van der Waals surface area contributed by atoms with Gasteiger partial charge in [-0.1, -0.05) is 6.92 Å². The first-order chi connectivity index (χ1) is 8.31. The second kappa shape index (κ2) is 8.36. The average Bonchev–Trinajstić information content (AvgIpc) is 2.39. The maximum absolute atomic E-state index is 5.76. The van der Waals surface area contributed by atoms with Gasteiger partial charge >= 0.3 is 0 Å². The number of hydrogen-bond donors (Lipinski definition) is 1. The zero-order chi connectivity index (χ0) is 12.1. The number of likely N-dealkylation sites (tertiary alicyclic amines) is 1. The zero-order valence-corrected chi connectivity index (χ0v) is 12.7. The quantitative estimate of drug-likeness (QED) is 0.853. The van der Waals surface area contributed by atoms with Gasteiger partial charge in [0.1, 0.15) is 0 Å². The first-order valence-corrected chi connectivity index (χ1v) is 7.33. The summed E-state index contributed by atoms with van der Waals surface area (Å²) in [4.78, 5) is 2.66. The third kappa shape index (κ3) is 4.69. The molecule has 4 heteroatoms. The molecule has 2 saturated heterocycles. The van der Waals surface area contributed by atoms with Gasteiger partial charge in [0, 0.05) is 25.7 Å². The van der Waals surface area contributed by atoms with Crippen molar-refractivity contribution in [1.82, 2.24) is 10.2 Å². The summed E-state index contributed by atoms with van der Waals surface area (Å²) in [5.41, 5.74) is 0. The number of ether oxygens (including phenoxy) is 1. The molecule has 2 rings (SSSR count). The Morgan fingerprint density at radius 3 is 2.89 bits per heavy atom. The van der Waals surface area contributed by atoms with Crippen LogP contribution >= 0.6 is 12.4 Å². The van der Waals surface area contributed by atoms with Crippen LogP contribution in [0.2, 0.25) is 0 Å². The van der Waals surface area contributed by atoms with Crippen LogP contribution in [0.3, 0.4) is 0 Å². The lowest BCUT2D eigenvalue weighted by Crippen LogP contribution is -2.46. The summed E-state index contributed by atoms with van der Waals surface area (Å²) in [6.45, 7) is 7.05. The Labute approximate surface area is 118 Å². The Morgan fingerprint density at radius 1 is 1.33 bits per heavy atom. The van der Waals surface area contributed by atoms with Gasteiger partial charge in [-0.3, -0.25) is 0 Å². The number of likely N-dealkylation sites (N-methyl/N-ethyl adjacent to an activating group) is 1. The molecule has 0 aromatic heterocycles. The lowest BCUT2D eigenvalue weighted by molar-refractivity contribution is -0.0195.